The molecule has 2 aromatic carbocycles. The molecule has 0 radical (unpaired) electrons. The van der Waals surface area contributed by atoms with E-state index in [1.807, 2.05) is 60.3 Å². The van der Waals surface area contributed by atoms with Gasteiger partial charge in [-0.3, -0.25) is 9.69 Å². The van der Waals surface area contributed by atoms with Crippen LogP contribution in [-0.4, -0.2) is 56.0 Å². The summed E-state index contributed by atoms with van der Waals surface area (Å²) in [6.45, 7) is 5.06. The maximum Gasteiger partial charge on any atom is 0.244 e. The summed E-state index contributed by atoms with van der Waals surface area (Å²) in [5, 5.41) is 8.93. The van der Waals surface area contributed by atoms with Crippen molar-refractivity contribution >= 4 is 11.6 Å². The van der Waals surface area contributed by atoms with Crippen molar-refractivity contribution in [1.82, 2.24) is 9.80 Å². The minimum atomic E-state index is -0.257. The van der Waals surface area contributed by atoms with Gasteiger partial charge in [0.1, 0.15) is 6.04 Å². The molecule has 1 aliphatic heterocycles. The van der Waals surface area contributed by atoms with Gasteiger partial charge in [-0.25, -0.2) is 0 Å². The first-order valence-corrected chi connectivity index (χ1v) is 9.26. The molecule has 0 aliphatic carbocycles. The fourth-order valence-corrected chi connectivity index (χ4v) is 3.52. The summed E-state index contributed by atoms with van der Waals surface area (Å²) in [6, 6.07) is 17.7. The molecule has 0 unspecified atom stereocenters. The number of piperazine rings is 1. The average molecular weight is 362 g/mol. The minimum Gasteiger partial charge on any atom is -0.368 e. The first kappa shape index (κ1) is 18.9. The molecule has 1 atom stereocenters. The Morgan fingerprint density at radius 2 is 1.59 bits per heavy atom. The van der Waals surface area contributed by atoms with E-state index in [0.717, 1.165) is 24.3 Å². The largest absolute Gasteiger partial charge is 0.368 e. The summed E-state index contributed by atoms with van der Waals surface area (Å²) < 4.78 is 0. The van der Waals surface area contributed by atoms with Crippen molar-refractivity contribution in [3.8, 4) is 6.07 Å². The Labute approximate surface area is 161 Å². The van der Waals surface area contributed by atoms with Crippen molar-refractivity contribution in [1.29, 1.82) is 5.26 Å². The van der Waals surface area contributed by atoms with Crippen LogP contribution >= 0.6 is 0 Å². The molecular weight excluding hydrogens is 336 g/mol. The van der Waals surface area contributed by atoms with Crippen LogP contribution in [0.5, 0.6) is 0 Å². The standard InChI is InChI=1S/C22H26N4O/c1-17-4-8-19(9-5-17)21(24(2)3)22(27)26-14-12-25(13-15-26)20-10-6-18(16-23)7-11-20/h4-11,21H,12-15H2,1-3H3/t21-/m1/s1. The zero-order chi connectivity index (χ0) is 19.4. The van der Waals surface area contributed by atoms with Crippen LogP contribution in [0, 0.1) is 18.3 Å². The number of hydrogen-bond donors (Lipinski definition) is 0. The lowest BCUT2D eigenvalue weighted by Gasteiger charge is -2.38. The molecular formula is C22H26N4O. The zero-order valence-electron chi connectivity index (χ0n) is 16.2. The second kappa shape index (κ2) is 8.24. The number of carbonyl (C=O) groups is 1. The number of anilines is 1. The minimum absolute atomic E-state index is 0.156. The van der Waals surface area contributed by atoms with E-state index in [2.05, 4.69) is 30.0 Å². The number of nitriles is 1. The Kier molecular flexibility index (Phi) is 5.78. The predicted molar refractivity (Wildman–Crippen MR) is 108 cm³/mol. The lowest BCUT2D eigenvalue weighted by molar-refractivity contribution is -0.136. The Balaban J connectivity index is 1.67. The predicted octanol–water partition coefficient (Wildman–Crippen LogP) is 2.82. The lowest BCUT2D eigenvalue weighted by Crippen LogP contribution is -2.51. The topological polar surface area (TPSA) is 50.6 Å². The molecule has 140 valence electrons. The van der Waals surface area contributed by atoms with Crippen LogP contribution in [0.4, 0.5) is 5.69 Å². The first-order valence-electron chi connectivity index (χ1n) is 9.26. The third-order valence-corrected chi connectivity index (χ3v) is 5.10. The van der Waals surface area contributed by atoms with Gasteiger partial charge in [0.2, 0.25) is 5.91 Å². The van der Waals surface area contributed by atoms with Crippen molar-refractivity contribution in [3.05, 3.63) is 65.2 Å². The van der Waals surface area contributed by atoms with Gasteiger partial charge in [-0.05, 0) is 50.8 Å². The van der Waals surface area contributed by atoms with Gasteiger partial charge in [-0.2, -0.15) is 5.26 Å². The summed E-state index contributed by atoms with van der Waals surface area (Å²) in [7, 11) is 3.91. The molecule has 1 aliphatic rings. The van der Waals surface area contributed by atoms with Crippen molar-refractivity contribution in [2.45, 2.75) is 13.0 Å². The highest BCUT2D eigenvalue weighted by Crippen LogP contribution is 2.23. The van der Waals surface area contributed by atoms with Crippen LogP contribution in [0.2, 0.25) is 0 Å². The number of likely N-dealkylation sites (N-methyl/N-ethyl adjacent to an activating group) is 1. The number of hydrogen-bond acceptors (Lipinski definition) is 4. The monoisotopic (exact) mass is 362 g/mol. The Bertz CT molecular complexity index is 813. The molecule has 1 saturated heterocycles. The number of benzene rings is 2. The van der Waals surface area contributed by atoms with Crippen molar-refractivity contribution < 1.29 is 4.79 Å². The summed E-state index contributed by atoms with van der Waals surface area (Å²) in [6.07, 6.45) is 0. The quantitative estimate of drug-likeness (QED) is 0.839. The number of nitrogens with zero attached hydrogens (tertiary/aromatic N) is 4. The third kappa shape index (κ3) is 4.29. The molecule has 27 heavy (non-hydrogen) atoms. The molecule has 1 amide bonds. The zero-order valence-corrected chi connectivity index (χ0v) is 16.2. The van der Waals surface area contributed by atoms with E-state index in [-0.39, 0.29) is 11.9 Å². The van der Waals surface area contributed by atoms with Crippen LogP contribution in [0.3, 0.4) is 0 Å². The lowest BCUT2D eigenvalue weighted by atomic mass is 10.0. The third-order valence-electron chi connectivity index (χ3n) is 5.10. The fraction of sp³-hybridized carbons (Fsp3) is 0.364. The van der Waals surface area contributed by atoms with E-state index in [0.29, 0.717) is 18.7 Å². The molecule has 0 saturated carbocycles. The van der Waals surface area contributed by atoms with E-state index >= 15 is 0 Å². The molecule has 0 spiro atoms. The van der Waals surface area contributed by atoms with Gasteiger partial charge in [0.05, 0.1) is 11.6 Å². The van der Waals surface area contributed by atoms with Gasteiger partial charge in [-0.1, -0.05) is 29.8 Å². The molecule has 2 aromatic rings. The number of rotatable bonds is 4. The average Bonchev–Trinajstić information content (AvgIpc) is 2.69. The smallest absolute Gasteiger partial charge is 0.244 e. The van der Waals surface area contributed by atoms with Gasteiger partial charge in [0.25, 0.3) is 0 Å². The summed E-state index contributed by atoms with van der Waals surface area (Å²) in [4.78, 5) is 19.4. The van der Waals surface area contributed by atoms with E-state index in [9.17, 15) is 4.79 Å². The van der Waals surface area contributed by atoms with Gasteiger partial charge in [0.15, 0.2) is 0 Å². The van der Waals surface area contributed by atoms with Gasteiger partial charge in [-0.15, -0.1) is 0 Å². The summed E-state index contributed by atoms with van der Waals surface area (Å²) >= 11 is 0. The second-order valence-electron chi connectivity index (χ2n) is 7.25. The first-order chi connectivity index (χ1) is 13.0. The van der Waals surface area contributed by atoms with E-state index in [4.69, 9.17) is 5.26 Å². The Hall–Kier alpha value is -2.84. The van der Waals surface area contributed by atoms with Crippen LogP contribution < -0.4 is 4.90 Å². The number of amides is 1. The highest BCUT2D eigenvalue weighted by atomic mass is 16.2. The second-order valence-corrected chi connectivity index (χ2v) is 7.25. The number of carbonyl (C=O) groups excluding carboxylic acids is 1. The summed E-state index contributed by atoms with van der Waals surface area (Å²) in [5.74, 6) is 0.156. The van der Waals surface area contributed by atoms with Crippen LogP contribution in [0.1, 0.15) is 22.7 Å². The number of aryl methyl sites for hydroxylation is 1. The molecule has 0 N–H and O–H groups in total. The van der Waals surface area contributed by atoms with Crippen LogP contribution in [0.25, 0.3) is 0 Å². The highest BCUT2D eigenvalue weighted by molar-refractivity contribution is 5.83. The molecule has 0 aromatic heterocycles. The van der Waals surface area contributed by atoms with Gasteiger partial charge < -0.3 is 9.80 Å². The molecule has 3 rings (SSSR count). The van der Waals surface area contributed by atoms with Gasteiger partial charge in [0, 0.05) is 31.9 Å². The maximum absolute atomic E-state index is 13.2. The molecule has 1 fully saturated rings. The molecule has 5 heteroatoms. The maximum atomic E-state index is 13.2. The van der Waals surface area contributed by atoms with Crippen LogP contribution in [0.15, 0.2) is 48.5 Å². The molecule has 0 bridgehead atoms. The van der Waals surface area contributed by atoms with E-state index in [1.165, 1.54) is 5.56 Å². The van der Waals surface area contributed by atoms with Crippen LogP contribution in [-0.2, 0) is 4.79 Å². The van der Waals surface area contributed by atoms with E-state index in [1.54, 1.807) is 0 Å². The SMILES string of the molecule is Cc1ccc([C@H](C(=O)N2CCN(c3ccc(C#N)cc3)CC2)N(C)C)cc1. The van der Waals surface area contributed by atoms with Gasteiger partial charge >= 0.3 is 0 Å². The normalized spacial score (nSPS) is 15.5. The molecule has 1 heterocycles. The van der Waals surface area contributed by atoms with E-state index < -0.39 is 0 Å². The van der Waals surface area contributed by atoms with Crippen molar-refractivity contribution in [3.63, 3.8) is 0 Å². The van der Waals surface area contributed by atoms with Crippen molar-refractivity contribution in [2.24, 2.45) is 0 Å². The Morgan fingerprint density at radius 1 is 1.00 bits per heavy atom. The fourth-order valence-electron chi connectivity index (χ4n) is 3.52. The van der Waals surface area contributed by atoms with Crippen molar-refractivity contribution in [2.75, 3.05) is 45.2 Å². The Morgan fingerprint density at radius 3 is 2.11 bits per heavy atom. The molecule has 5 nitrogen and oxygen atoms in total. The summed E-state index contributed by atoms with van der Waals surface area (Å²) in [5.41, 5.74) is 3.99. The highest BCUT2D eigenvalue weighted by Gasteiger charge is 2.30.